The summed E-state index contributed by atoms with van der Waals surface area (Å²) in [7, 11) is 0. The van der Waals surface area contributed by atoms with Crippen LogP contribution >= 0.6 is 22.2 Å². The Morgan fingerprint density at radius 1 is 1.08 bits per heavy atom. The molecule has 0 aliphatic heterocycles. The summed E-state index contributed by atoms with van der Waals surface area (Å²) >= 11 is 12.1. The van der Waals surface area contributed by atoms with Crippen LogP contribution in [0.3, 0.4) is 0 Å². The summed E-state index contributed by atoms with van der Waals surface area (Å²) in [4.78, 5) is 0. The van der Waals surface area contributed by atoms with E-state index in [1.54, 1.807) is 5.70 Å². The van der Waals surface area contributed by atoms with Crippen molar-refractivity contribution in [3.63, 3.8) is 0 Å². The molecule has 0 aliphatic rings. The maximum atomic E-state index is 6.05. The molecule has 0 aromatic carbocycles. The highest BCUT2D eigenvalue weighted by atomic mass is 35.7. The highest BCUT2D eigenvalue weighted by molar-refractivity contribution is 7.47. The molecule has 0 saturated heterocycles. The van der Waals surface area contributed by atoms with Crippen molar-refractivity contribution < 1.29 is 0 Å². The number of hydrogen-bond donors (Lipinski definition) is 0. The van der Waals surface area contributed by atoms with E-state index in [1.165, 1.54) is 32.1 Å². The summed E-state index contributed by atoms with van der Waals surface area (Å²) in [5.41, 5.74) is 1.75. The topological polar surface area (TPSA) is 0 Å². The number of hydrogen-bond acceptors (Lipinski definition) is 0. The lowest BCUT2D eigenvalue weighted by molar-refractivity contribution is 0.623. The molecule has 0 atom stereocenters. The Bertz CT molecular complexity index is 135. The van der Waals surface area contributed by atoms with Gasteiger partial charge in [-0.05, 0) is 6.04 Å². The van der Waals surface area contributed by atoms with E-state index in [0.29, 0.717) is 0 Å². The van der Waals surface area contributed by atoms with Gasteiger partial charge >= 0.3 is 0 Å². The summed E-state index contributed by atoms with van der Waals surface area (Å²) in [6.07, 6.45) is 7.76. The van der Waals surface area contributed by atoms with Gasteiger partial charge in [0.1, 0.15) is 0 Å². The Balaban J connectivity index is 3.20. The molecule has 13 heavy (non-hydrogen) atoms. The van der Waals surface area contributed by atoms with E-state index in [4.69, 9.17) is 22.2 Å². The van der Waals surface area contributed by atoms with Crippen molar-refractivity contribution in [3.05, 3.63) is 12.3 Å². The second kappa shape index (κ2) is 7.90. The van der Waals surface area contributed by atoms with E-state index in [1.807, 2.05) is 0 Å². The molecular formula is C10H20Cl2Si. The van der Waals surface area contributed by atoms with E-state index in [2.05, 4.69) is 13.5 Å². The van der Waals surface area contributed by atoms with Gasteiger partial charge in [-0.25, -0.2) is 0 Å². The SMILES string of the molecule is C=C[Si](Cl)(Cl)CCCCCCCC. The third-order valence-electron chi connectivity index (χ3n) is 2.16. The van der Waals surface area contributed by atoms with Crippen molar-refractivity contribution in [2.45, 2.75) is 51.5 Å². The fourth-order valence-electron chi connectivity index (χ4n) is 1.24. The molecule has 0 N–H and O–H groups in total. The minimum absolute atomic E-state index is 0.964. The molecule has 0 aliphatic carbocycles. The van der Waals surface area contributed by atoms with Crippen molar-refractivity contribution >= 4 is 28.9 Å². The normalized spacial score (nSPS) is 11.6. The highest BCUT2D eigenvalue weighted by Gasteiger charge is 2.22. The molecule has 0 bridgehead atoms. The zero-order valence-electron chi connectivity index (χ0n) is 8.49. The molecule has 0 spiro atoms. The first kappa shape index (κ1) is 13.5. The molecule has 0 saturated carbocycles. The second-order valence-corrected chi connectivity index (χ2v) is 10.5. The Morgan fingerprint density at radius 3 is 2.15 bits per heavy atom. The Labute approximate surface area is 92.7 Å². The summed E-state index contributed by atoms with van der Waals surface area (Å²) in [6.45, 7) is 3.85. The first-order chi connectivity index (χ1) is 6.12. The van der Waals surface area contributed by atoms with Gasteiger partial charge in [-0.2, -0.15) is 0 Å². The van der Waals surface area contributed by atoms with Crippen molar-refractivity contribution in [1.29, 1.82) is 0 Å². The minimum Gasteiger partial charge on any atom is -0.140 e. The molecule has 0 aromatic rings. The molecule has 0 nitrogen and oxygen atoms in total. The average Bonchev–Trinajstić information content (AvgIpc) is 2.11. The van der Waals surface area contributed by atoms with Crippen LogP contribution in [0.4, 0.5) is 0 Å². The Hall–Kier alpha value is 0.537. The monoisotopic (exact) mass is 238 g/mol. The molecule has 0 amide bonds. The van der Waals surface area contributed by atoms with Crippen molar-refractivity contribution in [2.75, 3.05) is 0 Å². The molecule has 0 unspecified atom stereocenters. The zero-order valence-corrected chi connectivity index (χ0v) is 11.0. The molecular weight excluding hydrogens is 219 g/mol. The fraction of sp³-hybridized carbons (Fsp3) is 0.800. The maximum Gasteiger partial charge on any atom is 0.273 e. The number of unbranched alkanes of at least 4 members (excludes halogenated alkanes) is 5. The van der Waals surface area contributed by atoms with E-state index >= 15 is 0 Å². The zero-order chi connectivity index (χ0) is 10.2. The number of halogens is 2. The lowest BCUT2D eigenvalue weighted by atomic mass is 10.1. The standard InChI is InChI=1S/C10H20Cl2Si/c1-3-5-6-7-8-9-10-13(11,12)4-2/h4H,2-3,5-10H2,1H3. The van der Waals surface area contributed by atoms with E-state index < -0.39 is 6.69 Å². The first-order valence-corrected chi connectivity index (χ1v) is 9.44. The molecule has 0 rings (SSSR count). The van der Waals surface area contributed by atoms with Gasteiger partial charge in [0, 0.05) is 0 Å². The fourth-order valence-corrected chi connectivity index (χ4v) is 2.97. The van der Waals surface area contributed by atoms with Gasteiger partial charge in [0.15, 0.2) is 0 Å². The quantitative estimate of drug-likeness (QED) is 0.318. The second-order valence-electron chi connectivity index (χ2n) is 3.48. The van der Waals surface area contributed by atoms with Gasteiger partial charge in [-0.1, -0.05) is 51.1 Å². The summed E-state index contributed by atoms with van der Waals surface area (Å²) in [5.74, 6) is 0. The summed E-state index contributed by atoms with van der Waals surface area (Å²) in [5, 5.41) is 0. The summed E-state index contributed by atoms with van der Waals surface area (Å²) < 4.78 is 0. The Kier molecular flexibility index (Phi) is 8.22. The van der Waals surface area contributed by atoms with Crippen LogP contribution in [0.5, 0.6) is 0 Å². The lowest BCUT2D eigenvalue weighted by Crippen LogP contribution is -2.14. The minimum atomic E-state index is -2.04. The lowest BCUT2D eigenvalue weighted by Gasteiger charge is -2.10. The average molecular weight is 239 g/mol. The van der Waals surface area contributed by atoms with Crippen LogP contribution in [0.2, 0.25) is 6.04 Å². The van der Waals surface area contributed by atoms with Gasteiger partial charge in [-0.3, -0.25) is 0 Å². The predicted octanol–water partition coefficient (Wildman–Crippen LogP) is 4.99. The Morgan fingerprint density at radius 2 is 1.62 bits per heavy atom. The van der Waals surface area contributed by atoms with Crippen molar-refractivity contribution in [1.82, 2.24) is 0 Å². The maximum absolute atomic E-state index is 6.05. The van der Waals surface area contributed by atoms with Crippen LogP contribution < -0.4 is 0 Å². The van der Waals surface area contributed by atoms with Crippen LogP contribution in [-0.2, 0) is 0 Å². The first-order valence-electron chi connectivity index (χ1n) is 5.14. The highest BCUT2D eigenvalue weighted by Crippen LogP contribution is 2.24. The van der Waals surface area contributed by atoms with Crippen LogP contribution in [0.1, 0.15) is 45.4 Å². The molecule has 0 heterocycles. The smallest absolute Gasteiger partial charge is 0.140 e. The number of rotatable bonds is 8. The molecule has 3 heteroatoms. The van der Waals surface area contributed by atoms with Crippen LogP contribution in [0, 0.1) is 0 Å². The van der Waals surface area contributed by atoms with Gasteiger partial charge in [0.2, 0.25) is 0 Å². The van der Waals surface area contributed by atoms with Gasteiger partial charge < -0.3 is 0 Å². The van der Waals surface area contributed by atoms with E-state index in [9.17, 15) is 0 Å². The molecule has 0 fully saturated rings. The van der Waals surface area contributed by atoms with E-state index in [0.717, 1.165) is 12.5 Å². The van der Waals surface area contributed by atoms with Crippen molar-refractivity contribution in [2.24, 2.45) is 0 Å². The molecule has 0 aromatic heterocycles. The summed E-state index contributed by atoms with van der Waals surface area (Å²) in [6, 6.07) is 0.964. The van der Waals surface area contributed by atoms with Crippen LogP contribution in [0.25, 0.3) is 0 Å². The molecule has 0 radical (unpaired) electrons. The van der Waals surface area contributed by atoms with E-state index in [-0.39, 0.29) is 0 Å². The van der Waals surface area contributed by atoms with Gasteiger partial charge in [0.05, 0.1) is 0 Å². The van der Waals surface area contributed by atoms with Crippen LogP contribution in [0.15, 0.2) is 12.3 Å². The third-order valence-corrected chi connectivity index (χ3v) is 5.84. The van der Waals surface area contributed by atoms with Crippen molar-refractivity contribution in [3.8, 4) is 0 Å². The van der Waals surface area contributed by atoms with Gasteiger partial charge in [-0.15, -0.1) is 28.7 Å². The third kappa shape index (κ3) is 8.86. The predicted molar refractivity (Wildman–Crippen MR) is 65.8 cm³/mol. The molecule has 78 valence electrons. The van der Waals surface area contributed by atoms with Crippen LogP contribution in [-0.4, -0.2) is 6.69 Å². The van der Waals surface area contributed by atoms with Gasteiger partial charge in [0.25, 0.3) is 6.69 Å². The largest absolute Gasteiger partial charge is 0.273 e.